The van der Waals surface area contributed by atoms with E-state index in [1.54, 1.807) is 0 Å². The molecule has 0 aliphatic carbocycles. The van der Waals surface area contributed by atoms with Crippen molar-refractivity contribution in [2.24, 2.45) is 0 Å². The van der Waals surface area contributed by atoms with Crippen LogP contribution in [-0.4, -0.2) is 20.2 Å². The second-order valence-corrected chi connectivity index (χ2v) is 5.88. The second kappa shape index (κ2) is 7.06. The lowest BCUT2D eigenvalue weighted by Gasteiger charge is -2.10. The van der Waals surface area contributed by atoms with Crippen LogP contribution >= 0.6 is 0 Å². The molecule has 4 rings (SSSR count). The molecular formula is C20H18N6. The Morgan fingerprint density at radius 2 is 1.50 bits per heavy atom. The summed E-state index contributed by atoms with van der Waals surface area (Å²) in [4.78, 5) is 9.23. The maximum absolute atomic E-state index is 4.66. The van der Waals surface area contributed by atoms with Crippen molar-refractivity contribution in [2.45, 2.75) is 6.92 Å². The molecule has 0 aliphatic rings. The number of hydrogen-bond donors (Lipinski definition) is 3. The van der Waals surface area contributed by atoms with Crippen molar-refractivity contribution in [2.75, 3.05) is 10.6 Å². The van der Waals surface area contributed by atoms with Crippen molar-refractivity contribution in [3.8, 4) is 11.3 Å². The molecule has 2 aromatic carbocycles. The molecule has 0 fully saturated rings. The summed E-state index contributed by atoms with van der Waals surface area (Å²) >= 11 is 0. The van der Waals surface area contributed by atoms with Gasteiger partial charge < -0.3 is 10.6 Å². The van der Waals surface area contributed by atoms with E-state index in [1.807, 2.05) is 79.7 Å². The smallest absolute Gasteiger partial charge is 0.229 e. The number of benzene rings is 2. The molecule has 0 unspecified atom stereocenters. The molecule has 0 amide bonds. The monoisotopic (exact) mass is 342 g/mol. The molecule has 4 aromatic rings. The molecule has 0 atom stereocenters. The number of aromatic nitrogens is 4. The van der Waals surface area contributed by atoms with Gasteiger partial charge in [0.1, 0.15) is 5.82 Å². The number of rotatable bonds is 5. The molecule has 0 spiro atoms. The predicted molar refractivity (Wildman–Crippen MR) is 104 cm³/mol. The largest absolute Gasteiger partial charge is 0.324 e. The van der Waals surface area contributed by atoms with E-state index < -0.39 is 0 Å². The first-order valence-electron chi connectivity index (χ1n) is 8.32. The summed E-state index contributed by atoms with van der Waals surface area (Å²) in [6, 6.07) is 23.7. The van der Waals surface area contributed by atoms with Crippen molar-refractivity contribution in [1.82, 2.24) is 20.2 Å². The third-order valence-electron chi connectivity index (χ3n) is 3.79. The second-order valence-electron chi connectivity index (χ2n) is 5.88. The number of anilines is 4. The average Bonchev–Trinajstić information content (AvgIpc) is 3.08. The predicted octanol–water partition coefficient (Wildman–Crippen LogP) is 4.66. The van der Waals surface area contributed by atoms with Crippen molar-refractivity contribution in [3.05, 3.63) is 78.5 Å². The topological polar surface area (TPSA) is 78.5 Å². The van der Waals surface area contributed by atoms with Crippen LogP contribution in [0.5, 0.6) is 0 Å². The summed E-state index contributed by atoms with van der Waals surface area (Å²) in [7, 11) is 0. The van der Waals surface area contributed by atoms with Gasteiger partial charge >= 0.3 is 0 Å². The highest BCUT2D eigenvalue weighted by Crippen LogP contribution is 2.24. The lowest BCUT2D eigenvalue weighted by atomic mass is 10.1. The number of para-hydroxylation sites is 1. The van der Waals surface area contributed by atoms with E-state index in [2.05, 4.69) is 30.8 Å². The molecule has 0 aliphatic heterocycles. The average molecular weight is 342 g/mol. The molecule has 0 saturated heterocycles. The summed E-state index contributed by atoms with van der Waals surface area (Å²) < 4.78 is 0. The lowest BCUT2D eigenvalue weighted by Crippen LogP contribution is -2.02. The molecule has 3 N–H and O–H groups in total. The standard InChI is InChI=1S/C20H18N6/c1-14-12-19(26-25-14)23-18-13-17(15-8-4-2-5-9-15)22-20(24-18)21-16-10-6-3-7-11-16/h2-13H,1H3,(H3,21,22,23,24,25,26). The summed E-state index contributed by atoms with van der Waals surface area (Å²) in [5, 5.41) is 13.6. The van der Waals surface area contributed by atoms with Gasteiger partial charge in [-0.25, -0.2) is 4.98 Å². The molecule has 26 heavy (non-hydrogen) atoms. The Labute approximate surface area is 151 Å². The minimum atomic E-state index is 0.521. The van der Waals surface area contributed by atoms with Gasteiger partial charge in [-0.2, -0.15) is 10.1 Å². The Hall–Kier alpha value is -3.67. The zero-order chi connectivity index (χ0) is 17.8. The number of aromatic amines is 1. The highest BCUT2D eigenvalue weighted by atomic mass is 15.2. The summed E-state index contributed by atoms with van der Waals surface area (Å²) in [6.45, 7) is 1.95. The van der Waals surface area contributed by atoms with Crippen LogP contribution < -0.4 is 10.6 Å². The Morgan fingerprint density at radius 3 is 2.19 bits per heavy atom. The van der Waals surface area contributed by atoms with E-state index in [4.69, 9.17) is 0 Å². The Morgan fingerprint density at radius 1 is 0.769 bits per heavy atom. The van der Waals surface area contributed by atoms with Gasteiger partial charge in [0.2, 0.25) is 5.95 Å². The molecule has 0 saturated carbocycles. The van der Waals surface area contributed by atoms with Crippen molar-refractivity contribution in [3.63, 3.8) is 0 Å². The fraction of sp³-hybridized carbons (Fsp3) is 0.0500. The number of nitrogens with one attached hydrogen (secondary N) is 3. The zero-order valence-corrected chi connectivity index (χ0v) is 14.3. The molecule has 128 valence electrons. The van der Waals surface area contributed by atoms with Gasteiger partial charge in [-0.15, -0.1) is 0 Å². The van der Waals surface area contributed by atoms with Crippen LogP contribution in [0.3, 0.4) is 0 Å². The molecule has 0 radical (unpaired) electrons. The third-order valence-corrected chi connectivity index (χ3v) is 3.79. The van der Waals surface area contributed by atoms with Crippen molar-refractivity contribution in [1.29, 1.82) is 0 Å². The van der Waals surface area contributed by atoms with Crippen LogP contribution in [0.15, 0.2) is 72.8 Å². The Bertz CT molecular complexity index is 995. The highest BCUT2D eigenvalue weighted by molar-refractivity contribution is 5.68. The Balaban J connectivity index is 1.71. The van der Waals surface area contributed by atoms with E-state index in [1.165, 1.54) is 0 Å². The first-order valence-corrected chi connectivity index (χ1v) is 8.32. The summed E-state index contributed by atoms with van der Waals surface area (Å²) in [5.41, 5.74) is 3.76. The summed E-state index contributed by atoms with van der Waals surface area (Å²) in [5.74, 6) is 1.90. The van der Waals surface area contributed by atoms with Crippen LogP contribution in [0.1, 0.15) is 5.69 Å². The highest BCUT2D eigenvalue weighted by Gasteiger charge is 2.08. The number of nitrogens with zero attached hydrogens (tertiary/aromatic N) is 3. The van der Waals surface area contributed by atoms with Gasteiger partial charge in [0.05, 0.1) is 5.69 Å². The van der Waals surface area contributed by atoms with Crippen LogP contribution in [0, 0.1) is 6.92 Å². The number of aryl methyl sites for hydroxylation is 1. The molecule has 2 aromatic heterocycles. The van der Waals surface area contributed by atoms with E-state index in [0.717, 1.165) is 22.6 Å². The minimum Gasteiger partial charge on any atom is -0.324 e. The van der Waals surface area contributed by atoms with Crippen LogP contribution in [0.4, 0.5) is 23.3 Å². The van der Waals surface area contributed by atoms with Crippen molar-refractivity contribution < 1.29 is 0 Å². The maximum atomic E-state index is 4.66. The van der Waals surface area contributed by atoms with Crippen LogP contribution in [0.2, 0.25) is 0 Å². The van der Waals surface area contributed by atoms with Crippen LogP contribution in [0.25, 0.3) is 11.3 Å². The van der Waals surface area contributed by atoms with E-state index in [0.29, 0.717) is 17.6 Å². The van der Waals surface area contributed by atoms with Gasteiger partial charge in [0, 0.05) is 29.1 Å². The van der Waals surface area contributed by atoms with Gasteiger partial charge in [-0.1, -0.05) is 48.5 Å². The van der Waals surface area contributed by atoms with Gasteiger partial charge in [-0.3, -0.25) is 5.10 Å². The fourth-order valence-electron chi connectivity index (χ4n) is 2.59. The van der Waals surface area contributed by atoms with Gasteiger partial charge in [-0.05, 0) is 19.1 Å². The fourth-order valence-corrected chi connectivity index (χ4v) is 2.59. The lowest BCUT2D eigenvalue weighted by molar-refractivity contribution is 1.05. The SMILES string of the molecule is Cc1cc(Nc2cc(-c3ccccc3)nc(Nc3ccccc3)n2)n[nH]1. The van der Waals surface area contributed by atoms with E-state index in [9.17, 15) is 0 Å². The van der Waals surface area contributed by atoms with E-state index >= 15 is 0 Å². The molecule has 6 nitrogen and oxygen atoms in total. The number of H-pyrrole nitrogens is 1. The van der Waals surface area contributed by atoms with Crippen LogP contribution in [-0.2, 0) is 0 Å². The first-order chi connectivity index (χ1) is 12.8. The quantitative estimate of drug-likeness (QED) is 0.491. The molecular weight excluding hydrogens is 324 g/mol. The third kappa shape index (κ3) is 3.70. The maximum Gasteiger partial charge on any atom is 0.229 e. The molecule has 2 heterocycles. The first kappa shape index (κ1) is 15.8. The normalized spacial score (nSPS) is 10.5. The van der Waals surface area contributed by atoms with E-state index in [-0.39, 0.29) is 0 Å². The zero-order valence-electron chi connectivity index (χ0n) is 14.3. The van der Waals surface area contributed by atoms with Gasteiger partial charge in [0.15, 0.2) is 5.82 Å². The summed E-state index contributed by atoms with van der Waals surface area (Å²) in [6.07, 6.45) is 0. The molecule has 6 heteroatoms. The van der Waals surface area contributed by atoms with Gasteiger partial charge in [0.25, 0.3) is 0 Å². The number of hydrogen-bond acceptors (Lipinski definition) is 5. The van der Waals surface area contributed by atoms with Crippen molar-refractivity contribution >= 4 is 23.3 Å². The molecule has 0 bridgehead atoms. The Kier molecular flexibility index (Phi) is 4.30. The minimum absolute atomic E-state index is 0.521.